The Bertz CT molecular complexity index is 1280. The van der Waals surface area contributed by atoms with E-state index in [4.69, 9.17) is 13.8 Å². The second-order valence-corrected chi connectivity index (χ2v) is 22.6. The summed E-state index contributed by atoms with van der Waals surface area (Å²) in [6.07, 6.45) is 58.5. The predicted octanol–water partition coefficient (Wildman–Crippen LogP) is 17.6. The van der Waals surface area contributed by atoms with Crippen molar-refractivity contribution in [2.24, 2.45) is 0 Å². The maximum Gasteiger partial charge on any atom is 0.472 e. The average molecular weight is 995 g/mol. The number of esters is 1. The molecule has 0 aromatic rings. The van der Waals surface area contributed by atoms with Gasteiger partial charge in [0.05, 0.1) is 33.8 Å². The van der Waals surface area contributed by atoms with Crippen LogP contribution in [0.3, 0.4) is 0 Å². The Hall–Kier alpha value is -1.77. The van der Waals surface area contributed by atoms with E-state index in [0.717, 1.165) is 83.5 Å². The molecule has 0 rings (SSSR count). The summed E-state index contributed by atoms with van der Waals surface area (Å²) < 4.78 is 30.6. The fourth-order valence-corrected chi connectivity index (χ4v) is 9.19. The highest BCUT2D eigenvalue weighted by molar-refractivity contribution is 7.47. The molecule has 0 heterocycles. The van der Waals surface area contributed by atoms with E-state index in [-0.39, 0.29) is 31.5 Å². The van der Waals surface area contributed by atoms with Crippen LogP contribution in [0.15, 0.2) is 36.5 Å². The second-order valence-electron chi connectivity index (χ2n) is 21.2. The van der Waals surface area contributed by atoms with Crippen LogP contribution < -0.4 is 5.32 Å². The van der Waals surface area contributed by atoms with Crippen LogP contribution >= 0.6 is 7.82 Å². The van der Waals surface area contributed by atoms with Gasteiger partial charge in [-0.15, -0.1) is 0 Å². The van der Waals surface area contributed by atoms with E-state index in [1.54, 1.807) is 0 Å². The molecule has 0 saturated heterocycles. The van der Waals surface area contributed by atoms with E-state index in [9.17, 15) is 19.0 Å². The molecule has 3 atom stereocenters. The fraction of sp³-hybridized carbons (Fsp3) is 0.864. The zero-order valence-electron chi connectivity index (χ0n) is 46.3. The summed E-state index contributed by atoms with van der Waals surface area (Å²) in [5, 5.41) is 3.05. The van der Waals surface area contributed by atoms with E-state index in [1.165, 1.54) is 161 Å². The first-order chi connectivity index (χ1) is 33.4. The molecule has 1 amide bonds. The molecule has 0 saturated carbocycles. The van der Waals surface area contributed by atoms with Crippen molar-refractivity contribution in [1.29, 1.82) is 0 Å². The Labute approximate surface area is 427 Å². The van der Waals surface area contributed by atoms with Gasteiger partial charge in [0.25, 0.3) is 0 Å². The molecule has 406 valence electrons. The van der Waals surface area contributed by atoms with Gasteiger partial charge in [-0.3, -0.25) is 18.6 Å². The van der Waals surface area contributed by atoms with E-state index >= 15 is 0 Å². The molecule has 0 fully saturated rings. The lowest BCUT2D eigenvalue weighted by Crippen LogP contribution is -2.47. The van der Waals surface area contributed by atoms with Crippen LogP contribution in [0.4, 0.5) is 0 Å². The van der Waals surface area contributed by atoms with Crippen molar-refractivity contribution in [3.05, 3.63) is 36.5 Å². The predicted molar refractivity (Wildman–Crippen MR) is 296 cm³/mol. The van der Waals surface area contributed by atoms with Gasteiger partial charge in [-0.2, -0.15) is 0 Å². The molecule has 0 bridgehead atoms. The molecule has 0 aliphatic heterocycles. The average Bonchev–Trinajstić information content (AvgIpc) is 3.31. The van der Waals surface area contributed by atoms with Crippen LogP contribution in [-0.2, 0) is 27.9 Å². The summed E-state index contributed by atoms with van der Waals surface area (Å²) in [5.41, 5.74) is 0. The molecular weight excluding hydrogens is 880 g/mol. The quantitative estimate of drug-likeness (QED) is 0.0205. The molecular formula is C59H114N2O7P+. The maximum atomic E-state index is 13.5. The number of carbonyl (C=O) groups excluding carboxylic acids is 2. The number of unbranched alkanes of at least 4 members (excludes halogenated alkanes) is 33. The highest BCUT2D eigenvalue weighted by atomic mass is 31.2. The lowest BCUT2D eigenvalue weighted by Gasteiger charge is -2.27. The largest absolute Gasteiger partial charge is 0.472 e. The van der Waals surface area contributed by atoms with Crippen molar-refractivity contribution >= 4 is 19.7 Å². The minimum atomic E-state index is -4.44. The Morgan fingerprint density at radius 3 is 1.25 bits per heavy atom. The number of allylic oxidation sites excluding steroid dienone is 5. The normalized spacial score (nSPS) is 14.0. The summed E-state index contributed by atoms with van der Waals surface area (Å²) >= 11 is 0. The number of ether oxygens (including phenoxy) is 1. The number of rotatable bonds is 53. The fourth-order valence-electron chi connectivity index (χ4n) is 8.46. The first-order valence-electron chi connectivity index (χ1n) is 29.3. The number of nitrogens with zero attached hydrogens (tertiary/aromatic N) is 1. The number of nitrogens with one attached hydrogen (secondary N) is 1. The smallest absolute Gasteiger partial charge is 0.456 e. The van der Waals surface area contributed by atoms with Gasteiger partial charge in [-0.1, -0.05) is 218 Å². The zero-order valence-corrected chi connectivity index (χ0v) is 47.2. The van der Waals surface area contributed by atoms with Crippen molar-refractivity contribution in [2.45, 2.75) is 290 Å². The highest BCUT2D eigenvalue weighted by Gasteiger charge is 2.30. The topological polar surface area (TPSA) is 111 Å². The SMILES string of the molecule is CCCCCCCC/C=C/CCCCCCCCCC(=O)NC(COP(=O)(O)OCC[N+](C)(C)C)C(/C=C/CCCCCCCCCCCC)OC(=O)CCCCC/C=C\CCCCCCCCC. The molecule has 9 nitrogen and oxygen atoms in total. The van der Waals surface area contributed by atoms with Crippen LogP contribution in [0.5, 0.6) is 0 Å². The lowest BCUT2D eigenvalue weighted by molar-refractivity contribution is -0.870. The van der Waals surface area contributed by atoms with Gasteiger partial charge in [0.2, 0.25) is 5.91 Å². The summed E-state index contributed by atoms with van der Waals surface area (Å²) in [6.45, 7) is 7.00. The van der Waals surface area contributed by atoms with Gasteiger partial charge in [-0.25, -0.2) is 4.57 Å². The van der Waals surface area contributed by atoms with Gasteiger partial charge in [0, 0.05) is 12.8 Å². The number of hydrogen-bond donors (Lipinski definition) is 2. The molecule has 0 spiro atoms. The van der Waals surface area contributed by atoms with Gasteiger partial charge < -0.3 is 19.4 Å². The van der Waals surface area contributed by atoms with Gasteiger partial charge in [0.15, 0.2) is 0 Å². The van der Waals surface area contributed by atoms with Crippen LogP contribution in [0.25, 0.3) is 0 Å². The van der Waals surface area contributed by atoms with E-state index in [1.807, 2.05) is 33.3 Å². The third kappa shape index (κ3) is 51.0. The maximum absolute atomic E-state index is 13.5. The summed E-state index contributed by atoms with van der Waals surface area (Å²) in [5.74, 6) is -0.521. The summed E-state index contributed by atoms with van der Waals surface area (Å²) in [6, 6.07) is -0.853. The van der Waals surface area contributed by atoms with Crippen molar-refractivity contribution < 1.29 is 37.3 Å². The minimum absolute atomic E-state index is 0.0385. The molecule has 10 heteroatoms. The van der Waals surface area contributed by atoms with Crippen molar-refractivity contribution in [3.63, 3.8) is 0 Å². The lowest BCUT2D eigenvalue weighted by atomic mass is 10.0. The third-order valence-corrected chi connectivity index (χ3v) is 14.0. The number of phosphoric acid groups is 1. The highest BCUT2D eigenvalue weighted by Crippen LogP contribution is 2.43. The van der Waals surface area contributed by atoms with Gasteiger partial charge in [-0.05, 0) is 83.1 Å². The Morgan fingerprint density at radius 1 is 0.493 bits per heavy atom. The molecule has 3 unspecified atom stereocenters. The van der Waals surface area contributed by atoms with Crippen LogP contribution in [0, 0.1) is 0 Å². The second kappa shape index (κ2) is 49.8. The van der Waals surface area contributed by atoms with Gasteiger partial charge in [0.1, 0.15) is 19.3 Å². The molecule has 69 heavy (non-hydrogen) atoms. The molecule has 0 aliphatic carbocycles. The number of hydrogen-bond acceptors (Lipinski definition) is 6. The number of quaternary nitrogens is 1. The first-order valence-corrected chi connectivity index (χ1v) is 30.8. The molecule has 0 radical (unpaired) electrons. The molecule has 0 aromatic carbocycles. The standard InChI is InChI=1S/C59H113N2O7P/c1-7-10-13-16-19-22-25-28-30-31-32-33-36-39-42-45-48-51-58(62)60-56(55-67-69(64,65)66-54-53-61(4,5)6)57(50-47-44-41-38-35-27-24-21-18-15-12-9-3)68-59(63)52-49-46-43-40-37-34-29-26-23-20-17-14-11-8-2/h28,30,34,37,47,50,56-57H,7-27,29,31-33,35-36,38-46,48-49,51-55H2,1-6H3,(H-,60,62,64,65)/p+1/b30-28+,37-34-,50-47+. The molecule has 0 aromatic heterocycles. The van der Waals surface area contributed by atoms with E-state index in [2.05, 4.69) is 50.4 Å². The zero-order chi connectivity index (χ0) is 50.8. The van der Waals surface area contributed by atoms with E-state index in [0.29, 0.717) is 17.4 Å². The minimum Gasteiger partial charge on any atom is -0.456 e. The number of amides is 1. The van der Waals surface area contributed by atoms with Gasteiger partial charge >= 0.3 is 13.8 Å². The van der Waals surface area contributed by atoms with Crippen LogP contribution in [0.1, 0.15) is 278 Å². The van der Waals surface area contributed by atoms with Crippen molar-refractivity contribution in [2.75, 3.05) is 40.9 Å². The Morgan fingerprint density at radius 2 is 0.841 bits per heavy atom. The Kier molecular flexibility index (Phi) is 48.5. The number of carbonyl (C=O) groups is 2. The van der Waals surface area contributed by atoms with Crippen molar-refractivity contribution in [1.82, 2.24) is 5.32 Å². The van der Waals surface area contributed by atoms with Crippen LogP contribution in [0.2, 0.25) is 0 Å². The monoisotopic (exact) mass is 994 g/mol. The summed E-state index contributed by atoms with van der Waals surface area (Å²) in [4.78, 5) is 37.6. The van der Waals surface area contributed by atoms with E-state index < -0.39 is 20.0 Å². The summed E-state index contributed by atoms with van der Waals surface area (Å²) in [7, 11) is 1.49. The first kappa shape index (κ1) is 67.2. The van der Waals surface area contributed by atoms with Crippen molar-refractivity contribution in [3.8, 4) is 0 Å². The Balaban J connectivity index is 5.34. The molecule has 2 N–H and O–H groups in total. The number of likely N-dealkylation sites (N-methyl/N-ethyl adjacent to an activating group) is 1. The number of phosphoric ester groups is 1. The third-order valence-electron chi connectivity index (χ3n) is 13.1. The van der Waals surface area contributed by atoms with Crippen LogP contribution in [-0.4, -0.2) is 74.3 Å². The molecule has 0 aliphatic rings.